The first-order valence-electron chi connectivity index (χ1n) is 11.1. The molecule has 0 radical (unpaired) electrons. The van der Waals surface area contributed by atoms with Crippen molar-refractivity contribution in [2.45, 2.75) is 19.7 Å². The van der Waals surface area contributed by atoms with Crippen LogP contribution in [0.25, 0.3) is 11.0 Å². The van der Waals surface area contributed by atoms with Gasteiger partial charge in [0, 0.05) is 18.7 Å². The lowest BCUT2D eigenvalue weighted by Gasteiger charge is -2.12. The second kappa shape index (κ2) is 9.41. The quantitative estimate of drug-likeness (QED) is 0.397. The van der Waals surface area contributed by atoms with Crippen molar-refractivity contribution in [3.63, 3.8) is 0 Å². The van der Waals surface area contributed by atoms with Crippen molar-refractivity contribution < 1.29 is 27.9 Å². The third-order valence-electron chi connectivity index (χ3n) is 5.56. The average Bonchev–Trinajstić information content (AvgIpc) is 3.02. The highest BCUT2D eigenvalue weighted by atomic mass is 19.4. The Labute approximate surface area is 209 Å². The zero-order chi connectivity index (χ0) is 26.2. The van der Waals surface area contributed by atoms with E-state index in [0.29, 0.717) is 11.3 Å². The van der Waals surface area contributed by atoms with Crippen LogP contribution in [0, 0.1) is 6.92 Å². The molecule has 0 saturated carbocycles. The summed E-state index contributed by atoms with van der Waals surface area (Å²) in [6, 6.07) is 15.1. The van der Waals surface area contributed by atoms with Gasteiger partial charge in [0.05, 0.1) is 16.7 Å². The number of alkyl halides is 3. The number of phenols is 1. The Morgan fingerprint density at radius 2 is 1.86 bits per heavy atom. The number of pyridine rings is 1. The van der Waals surface area contributed by atoms with E-state index in [2.05, 4.69) is 20.2 Å². The number of phenolic OH excluding ortho intramolecular Hbond substituents is 1. The molecular formula is C26H20F3N5O3. The van der Waals surface area contributed by atoms with Gasteiger partial charge < -0.3 is 14.7 Å². The summed E-state index contributed by atoms with van der Waals surface area (Å²) in [5, 5.41) is 17.0. The number of aliphatic imine (C=N–C) groups is 1. The molecule has 0 aliphatic carbocycles. The molecule has 5 rings (SSSR count). The summed E-state index contributed by atoms with van der Waals surface area (Å²) in [6.45, 7) is 2.05. The van der Waals surface area contributed by atoms with E-state index in [1.54, 1.807) is 18.2 Å². The lowest BCUT2D eigenvalue weighted by molar-refractivity contribution is -0.140. The van der Waals surface area contributed by atoms with Gasteiger partial charge in [-0.25, -0.2) is 9.67 Å². The van der Waals surface area contributed by atoms with Crippen molar-refractivity contribution >= 4 is 22.6 Å². The monoisotopic (exact) mass is 507 g/mol. The number of allylic oxidation sites excluding steroid dienone is 1. The molecule has 1 aliphatic rings. The molecule has 0 saturated heterocycles. The number of aromatic nitrogens is 3. The van der Waals surface area contributed by atoms with Crippen LogP contribution in [0.4, 0.5) is 13.2 Å². The van der Waals surface area contributed by atoms with E-state index in [-0.39, 0.29) is 40.7 Å². The molecule has 0 unspecified atom stereocenters. The van der Waals surface area contributed by atoms with Crippen LogP contribution in [0.3, 0.4) is 0 Å². The van der Waals surface area contributed by atoms with E-state index in [1.165, 1.54) is 31.5 Å². The maximum absolute atomic E-state index is 13.7. The predicted octanol–water partition coefficient (Wildman–Crippen LogP) is 5.27. The summed E-state index contributed by atoms with van der Waals surface area (Å²) < 4.78 is 48.3. The normalized spacial score (nSPS) is 13.6. The summed E-state index contributed by atoms with van der Waals surface area (Å²) in [5.74, 6) is 0.0484. The Morgan fingerprint density at radius 1 is 1.08 bits per heavy atom. The minimum absolute atomic E-state index is 0.00804. The van der Waals surface area contributed by atoms with Gasteiger partial charge in [-0.05, 0) is 42.8 Å². The summed E-state index contributed by atoms with van der Waals surface area (Å²) >= 11 is 0. The number of hydrogen-bond donors (Lipinski definition) is 1. The molecule has 4 aromatic rings. The number of oxime groups is 1. The van der Waals surface area contributed by atoms with Crippen LogP contribution in [-0.2, 0) is 24.7 Å². The molecule has 0 spiro atoms. The number of hydrogen-bond acceptors (Lipinski definition) is 7. The van der Waals surface area contributed by atoms with E-state index in [0.717, 1.165) is 15.8 Å². The number of aromatic hydroxyl groups is 1. The number of ether oxygens (including phenoxy) is 1. The Morgan fingerprint density at radius 3 is 2.59 bits per heavy atom. The fourth-order valence-corrected chi connectivity index (χ4v) is 3.84. The summed E-state index contributed by atoms with van der Waals surface area (Å²) in [6.07, 6.45) is -1.86. The van der Waals surface area contributed by atoms with E-state index in [1.807, 2.05) is 31.2 Å². The van der Waals surface area contributed by atoms with Crippen LogP contribution in [0.1, 0.15) is 27.9 Å². The number of aryl methyl sites for hydroxylation is 2. The van der Waals surface area contributed by atoms with Crippen molar-refractivity contribution in [2.24, 2.45) is 17.2 Å². The Hall–Kier alpha value is -4.67. The SMILES string of the molecule is Cc1cccc(COc2nc3c(cc2C2=NOC=CC(c4ccc(O)cc4)=N2)c(C(F)(F)F)nn3C)c1. The molecule has 1 N–H and O–H groups in total. The molecule has 3 heterocycles. The van der Waals surface area contributed by atoms with E-state index >= 15 is 0 Å². The standard InChI is InChI=1S/C26H20F3N5O3/c1-15-4-3-5-16(12-15)14-36-25-20(13-19-22(26(27,28)29)32-34(2)24(19)31-25)23-30-21(10-11-37-33-23)17-6-8-18(35)9-7-17/h3-13,35H,14H2,1-2H3. The van der Waals surface area contributed by atoms with Crippen molar-refractivity contribution in [1.29, 1.82) is 0 Å². The first-order valence-corrected chi connectivity index (χ1v) is 11.1. The van der Waals surface area contributed by atoms with Crippen molar-refractivity contribution in [3.8, 4) is 11.6 Å². The molecule has 2 aromatic carbocycles. The third-order valence-corrected chi connectivity index (χ3v) is 5.56. The van der Waals surface area contributed by atoms with Gasteiger partial charge >= 0.3 is 6.18 Å². The van der Waals surface area contributed by atoms with Gasteiger partial charge in [-0.15, -0.1) is 0 Å². The van der Waals surface area contributed by atoms with Crippen LogP contribution in [0.5, 0.6) is 11.6 Å². The van der Waals surface area contributed by atoms with Crippen LogP contribution in [0.2, 0.25) is 0 Å². The number of halogens is 3. The van der Waals surface area contributed by atoms with Gasteiger partial charge in [-0.2, -0.15) is 23.3 Å². The maximum Gasteiger partial charge on any atom is 0.435 e. The minimum atomic E-state index is -4.70. The first kappa shape index (κ1) is 24.0. The molecule has 0 fully saturated rings. The molecule has 11 heteroatoms. The summed E-state index contributed by atoms with van der Waals surface area (Å²) in [5.41, 5.74) is 1.92. The van der Waals surface area contributed by atoms with Crippen molar-refractivity contribution in [3.05, 3.63) is 94.9 Å². The number of benzene rings is 2. The minimum Gasteiger partial charge on any atom is -0.508 e. The van der Waals surface area contributed by atoms with E-state index in [9.17, 15) is 18.3 Å². The molecule has 0 amide bonds. The van der Waals surface area contributed by atoms with Crippen LogP contribution >= 0.6 is 0 Å². The van der Waals surface area contributed by atoms with Gasteiger partial charge in [0.1, 0.15) is 18.6 Å². The largest absolute Gasteiger partial charge is 0.508 e. The zero-order valence-corrected chi connectivity index (χ0v) is 19.7. The topological polar surface area (TPSA) is 94.1 Å². The second-order valence-electron chi connectivity index (χ2n) is 8.33. The zero-order valence-electron chi connectivity index (χ0n) is 19.7. The Balaban J connectivity index is 1.64. The lowest BCUT2D eigenvalue weighted by Crippen LogP contribution is -2.10. The number of amidine groups is 1. The summed E-state index contributed by atoms with van der Waals surface area (Å²) in [4.78, 5) is 14.1. The molecule has 37 heavy (non-hydrogen) atoms. The van der Waals surface area contributed by atoms with Crippen molar-refractivity contribution in [2.75, 3.05) is 0 Å². The fraction of sp³-hybridized carbons (Fsp3) is 0.154. The van der Waals surface area contributed by atoms with Gasteiger partial charge in [-0.1, -0.05) is 35.0 Å². The lowest BCUT2D eigenvalue weighted by atomic mass is 10.1. The number of rotatable bonds is 5. The molecule has 188 valence electrons. The van der Waals surface area contributed by atoms with Crippen LogP contribution in [0.15, 0.2) is 77.1 Å². The van der Waals surface area contributed by atoms with Gasteiger partial charge in [0.15, 0.2) is 11.3 Å². The number of fused-ring (bicyclic) bond motifs is 1. The second-order valence-corrected chi connectivity index (χ2v) is 8.33. The van der Waals surface area contributed by atoms with Crippen LogP contribution in [-0.4, -0.2) is 31.4 Å². The first-order chi connectivity index (χ1) is 17.7. The molecule has 2 aromatic heterocycles. The van der Waals surface area contributed by atoms with Crippen LogP contribution < -0.4 is 4.74 Å². The molecule has 1 aliphatic heterocycles. The molecule has 8 nitrogen and oxygen atoms in total. The average molecular weight is 507 g/mol. The maximum atomic E-state index is 13.7. The highest BCUT2D eigenvalue weighted by molar-refractivity contribution is 6.18. The number of nitrogens with zero attached hydrogens (tertiary/aromatic N) is 5. The van der Waals surface area contributed by atoms with Gasteiger partial charge in [-0.3, -0.25) is 0 Å². The fourth-order valence-electron chi connectivity index (χ4n) is 3.84. The predicted molar refractivity (Wildman–Crippen MR) is 130 cm³/mol. The molecular weight excluding hydrogens is 487 g/mol. The summed E-state index contributed by atoms with van der Waals surface area (Å²) in [7, 11) is 1.38. The smallest absolute Gasteiger partial charge is 0.435 e. The molecule has 0 bridgehead atoms. The van der Waals surface area contributed by atoms with Crippen molar-refractivity contribution in [1.82, 2.24) is 14.8 Å². The Bertz CT molecular complexity index is 1570. The van der Waals surface area contributed by atoms with Gasteiger partial charge in [0.2, 0.25) is 11.7 Å². The van der Waals surface area contributed by atoms with E-state index < -0.39 is 11.9 Å². The highest BCUT2D eigenvalue weighted by Crippen LogP contribution is 2.36. The Kier molecular flexibility index (Phi) is 6.12. The molecule has 0 atom stereocenters. The third kappa shape index (κ3) is 5.01. The van der Waals surface area contributed by atoms with Gasteiger partial charge in [0.25, 0.3) is 0 Å². The van der Waals surface area contributed by atoms with E-state index in [4.69, 9.17) is 9.57 Å². The highest BCUT2D eigenvalue weighted by Gasteiger charge is 2.37.